The Hall–Kier alpha value is -3.45. The zero-order valence-corrected chi connectivity index (χ0v) is 18.6. The van der Waals surface area contributed by atoms with E-state index in [0.717, 1.165) is 16.3 Å². The predicted octanol–water partition coefficient (Wildman–Crippen LogP) is 4.61. The first-order chi connectivity index (χ1) is 14.8. The molecular weight excluding hydrogens is 410 g/mol. The van der Waals surface area contributed by atoms with Crippen LogP contribution in [-0.2, 0) is 4.79 Å². The van der Waals surface area contributed by atoms with Gasteiger partial charge in [0.05, 0.1) is 27.2 Å². The third-order valence-corrected chi connectivity index (χ3v) is 6.39. The second-order valence-corrected chi connectivity index (χ2v) is 8.84. The molecule has 6 nitrogen and oxygen atoms in total. The van der Waals surface area contributed by atoms with Crippen molar-refractivity contribution in [1.82, 2.24) is 4.98 Å². The van der Waals surface area contributed by atoms with Crippen molar-refractivity contribution in [3.8, 4) is 0 Å². The van der Waals surface area contributed by atoms with Gasteiger partial charge in [0.25, 0.3) is 5.91 Å². The van der Waals surface area contributed by atoms with Crippen LogP contribution < -0.4 is 9.80 Å². The van der Waals surface area contributed by atoms with Gasteiger partial charge in [-0.15, -0.1) is 11.3 Å². The fourth-order valence-electron chi connectivity index (χ4n) is 3.83. The van der Waals surface area contributed by atoms with Gasteiger partial charge in [-0.1, -0.05) is 30.3 Å². The number of hydrogen-bond acceptors (Lipinski definition) is 6. The van der Waals surface area contributed by atoms with E-state index in [9.17, 15) is 14.7 Å². The van der Waals surface area contributed by atoms with Crippen molar-refractivity contribution in [2.24, 2.45) is 0 Å². The van der Waals surface area contributed by atoms with E-state index in [1.807, 2.05) is 68.4 Å². The van der Waals surface area contributed by atoms with Crippen LogP contribution in [0.1, 0.15) is 32.0 Å². The molecular formula is C24H23N3O3S. The summed E-state index contributed by atoms with van der Waals surface area (Å²) >= 11 is 1.27. The molecule has 0 radical (unpaired) electrons. The van der Waals surface area contributed by atoms with Crippen molar-refractivity contribution in [2.75, 3.05) is 23.9 Å². The topological polar surface area (TPSA) is 73.7 Å². The van der Waals surface area contributed by atoms with E-state index in [-0.39, 0.29) is 11.4 Å². The third-order valence-electron chi connectivity index (χ3n) is 5.32. The van der Waals surface area contributed by atoms with Crippen LogP contribution >= 0.6 is 11.3 Å². The number of amides is 1. The number of Topliss-reactive ketones (excluding diaryl/α,β-unsaturated/α-hetero) is 1. The van der Waals surface area contributed by atoms with Crippen LogP contribution in [0.15, 0.2) is 65.9 Å². The third kappa shape index (κ3) is 3.61. The summed E-state index contributed by atoms with van der Waals surface area (Å²) < 4.78 is 0. The number of para-hydroxylation sites is 1. The molecule has 3 aromatic rings. The number of carbonyl (C=O) groups excluding carboxylic acids is 2. The lowest BCUT2D eigenvalue weighted by Gasteiger charge is -2.27. The average molecular weight is 434 g/mol. The highest BCUT2D eigenvalue weighted by atomic mass is 32.1. The number of thiazole rings is 1. The van der Waals surface area contributed by atoms with Crippen molar-refractivity contribution in [2.45, 2.75) is 19.9 Å². The SMILES string of the molecule is Cc1nc(C)c(C(=O)C2=C(O)C(=O)N(c3ccccc3)C2c2ccc(N(C)C)cc2)s1. The number of ketones is 1. The highest BCUT2D eigenvalue weighted by Crippen LogP contribution is 2.42. The highest BCUT2D eigenvalue weighted by Gasteiger charge is 2.45. The second kappa shape index (κ2) is 8.00. The summed E-state index contributed by atoms with van der Waals surface area (Å²) in [6, 6.07) is 16.0. The van der Waals surface area contributed by atoms with Gasteiger partial charge in [0.15, 0.2) is 5.76 Å². The molecule has 1 amide bonds. The Balaban J connectivity index is 1.87. The molecule has 0 saturated heterocycles. The van der Waals surface area contributed by atoms with Crippen LogP contribution in [0, 0.1) is 13.8 Å². The maximum absolute atomic E-state index is 13.5. The van der Waals surface area contributed by atoms with E-state index < -0.39 is 17.7 Å². The fraction of sp³-hybridized carbons (Fsp3) is 0.208. The quantitative estimate of drug-likeness (QED) is 0.595. The van der Waals surface area contributed by atoms with Gasteiger partial charge < -0.3 is 10.0 Å². The Morgan fingerprint density at radius 3 is 2.26 bits per heavy atom. The van der Waals surface area contributed by atoms with Crippen LogP contribution in [0.5, 0.6) is 0 Å². The fourth-order valence-corrected chi connectivity index (χ4v) is 4.70. The van der Waals surface area contributed by atoms with Crippen LogP contribution in [0.25, 0.3) is 0 Å². The van der Waals surface area contributed by atoms with Gasteiger partial charge in [0, 0.05) is 25.5 Å². The molecule has 0 saturated carbocycles. The Morgan fingerprint density at radius 2 is 1.71 bits per heavy atom. The summed E-state index contributed by atoms with van der Waals surface area (Å²) in [6.45, 7) is 3.59. The van der Waals surface area contributed by atoms with E-state index in [1.54, 1.807) is 19.1 Å². The lowest BCUT2D eigenvalue weighted by atomic mass is 9.94. The normalized spacial score (nSPS) is 16.2. The number of rotatable bonds is 5. The van der Waals surface area contributed by atoms with Crippen LogP contribution in [0.4, 0.5) is 11.4 Å². The number of aryl methyl sites for hydroxylation is 2. The minimum Gasteiger partial charge on any atom is -0.503 e. The highest BCUT2D eigenvalue weighted by molar-refractivity contribution is 7.14. The standard InChI is InChI=1S/C24H23N3O3S/c1-14-23(31-15(2)25-14)21(28)19-20(16-10-12-17(13-11-16)26(3)4)27(24(30)22(19)29)18-8-6-5-7-9-18/h5-13,20,29H,1-4H3. The molecule has 1 unspecified atom stereocenters. The molecule has 2 heterocycles. The number of aliphatic hydroxyl groups excluding tert-OH is 1. The molecule has 1 atom stereocenters. The number of carbonyl (C=O) groups is 2. The molecule has 1 aliphatic rings. The zero-order chi connectivity index (χ0) is 22.3. The lowest BCUT2D eigenvalue weighted by Crippen LogP contribution is -2.31. The second-order valence-electron chi connectivity index (χ2n) is 7.64. The summed E-state index contributed by atoms with van der Waals surface area (Å²) in [6.07, 6.45) is 0. The minimum atomic E-state index is -0.736. The summed E-state index contributed by atoms with van der Waals surface area (Å²) in [5, 5.41) is 11.6. The molecule has 0 bridgehead atoms. The van der Waals surface area contributed by atoms with E-state index in [0.29, 0.717) is 16.3 Å². The van der Waals surface area contributed by atoms with Gasteiger partial charge >= 0.3 is 0 Å². The molecule has 1 aliphatic heterocycles. The van der Waals surface area contributed by atoms with Gasteiger partial charge in [-0.05, 0) is 43.7 Å². The van der Waals surface area contributed by atoms with Crippen molar-refractivity contribution in [1.29, 1.82) is 0 Å². The van der Waals surface area contributed by atoms with Crippen LogP contribution in [-0.4, -0.2) is 35.9 Å². The maximum Gasteiger partial charge on any atom is 0.294 e. The first-order valence-electron chi connectivity index (χ1n) is 9.87. The zero-order valence-electron chi connectivity index (χ0n) is 17.8. The van der Waals surface area contributed by atoms with E-state index in [1.165, 1.54) is 16.2 Å². The summed E-state index contributed by atoms with van der Waals surface area (Å²) in [5.41, 5.74) is 3.03. The van der Waals surface area contributed by atoms with E-state index in [2.05, 4.69) is 4.98 Å². The summed E-state index contributed by atoms with van der Waals surface area (Å²) in [4.78, 5) is 34.9. The lowest BCUT2D eigenvalue weighted by molar-refractivity contribution is -0.117. The largest absolute Gasteiger partial charge is 0.503 e. The number of aromatic nitrogens is 1. The molecule has 158 valence electrons. The molecule has 4 rings (SSSR count). The van der Waals surface area contributed by atoms with Crippen LogP contribution in [0.2, 0.25) is 0 Å². The van der Waals surface area contributed by atoms with Gasteiger partial charge in [-0.3, -0.25) is 14.5 Å². The molecule has 1 N–H and O–H groups in total. The summed E-state index contributed by atoms with van der Waals surface area (Å²) in [5.74, 6) is -1.47. The number of aliphatic hydroxyl groups is 1. The Bertz CT molecular complexity index is 1180. The Labute approximate surface area is 185 Å². The minimum absolute atomic E-state index is 0.0817. The van der Waals surface area contributed by atoms with Crippen molar-refractivity contribution in [3.05, 3.63) is 87.1 Å². The molecule has 0 fully saturated rings. The number of anilines is 2. The van der Waals surface area contributed by atoms with E-state index in [4.69, 9.17) is 0 Å². The van der Waals surface area contributed by atoms with Crippen molar-refractivity contribution >= 4 is 34.4 Å². The molecule has 31 heavy (non-hydrogen) atoms. The van der Waals surface area contributed by atoms with Crippen molar-refractivity contribution < 1.29 is 14.7 Å². The van der Waals surface area contributed by atoms with Gasteiger partial charge in [-0.2, -0.15) is 0 Å². The monoisotopic (exact) mass is 433 g/mol. The Kier molecular flexibility index (Phi) is 5.37. The maximum atomic E-state index is 13.5. The van der Waals surface area contributed by atoms with Gasteiger partial charge in [0.2, 0.25) is 5.78 Å². The molecule has 0 aliphatic carbocycles. The number of nitrogens with zero attached hydrogens (tertiary/aromatic N) is 3. The predicted molar refractivity (Wildman–Crippen MR) is 123 cm³/mol. The molecule has 0 spiro atoms. The van der Waals surface area contributed by atoms with Crippen molar-refractivity contribution in [3.63, 3.8) is 0 Å². The molecule has 1 aromatic heterocycles. The first-order valence-corrected chi connectivity index (χ1v) is 10.7. The van der Waals surface area contributed by atoms with Crippen LogP contribution in [0.3, 0.4) is 0 Å². The van der Waals surface area contributed by atoms with Gasteiger partial charge in [0.1, 0.15) is 0 Å². The summed E-state index contributed by atoms with van der Waals surface area (Å²) in [7, 11) is 3.89. The number of benzene rings is 2. The first kappa shape index (κ1) is 20.8. The van der Waals surface area contributed by atoms with Gasteiger partial charge in [-0.25, -0.2) is 4.98 Å². The average Bonchev–Trinajstić information content (AvgIpc) is 3.24. The number of hydrogen-bond donors (Lipinski definition) is 1. The molecule has 7 heteroatoms. The Morgan fingerprint density at radius 1 is 1.06 bits per heavy atom. The smallest absolute Gasteiger partial charge is 0.294 e. The van der Waals surface area contributed by atoms with E-state index >= 15 is 0 Å². The molecule has 2 aromatic carbocycles.